The largest absolute Gasteiger partial charge is 0.497 e. The van der Waals surface area contributed by atoms with Crippen molar-refractivity contribution in [1.82, 2.24) is 10.6 Å². The van der Waals surface area contributed by atoms with Crippen LogP contribution in [0.1, 0.15) is 11.1 Å². The quantitative estimate of drug-likeness (QED) is 0.828. The van der Waals surface area contributed by atoms with Gasteiger partial charge in [0.25, 0.3) is 0 Å². The first-order chi connectivity index (χ1) is 9.78. The molecule has 0 aliphatic heterocycles. The van der Waals surface area contributed by atoms with Crippen LogP contribution in [0.25, 0.3) is 0 Å². The lowest BCUT2D eigenvalue weighted by atomic mass is 10.2. The van der Waals surface area contributed by atoms with E-state index in [0.717, 1.165) is 17.9 Å². The molecule has 0 saturated heterocycles. The normalized spacial score (nSPS) is 9.85. The maximum absolute atomic E-state index is 5.25. The van der Waals surface area contributed by atoms with Gasteiger partial charge in [-0.2, -0.15) is 0 Å². The minimum Gasteiger partial charge on any atom is -0.497 e. The Morgan fingerprint density at radius 2 is 1.45 bits per heavy atom. The third kappa shape index (κ3) is 4.55. The molecule has 0 radical (unpaired) electrons. The maximum Gasteiger partial charge on any atom is 0.166 e. The summed E-state index contributed by atoms with van der Waals surface area (Å²) in [4.78, 5) is 0. The van der Waals surface area contributed by atoms with Gasteiger partial charge in [0.1, 0.15) is 5.75 Å². The average molecular weight is 286 g/mol. The zero-order chi connectivity index (χ0) is 14.2. The first kappa shape index (κ1) is 14.3. The molecule has 2 N–H and O–H groups in total. The number of hydrogen-bond acceptors (Lipinski definition) is 2. The third-order valence-corrected chi connectivity index (χ3v) is 3.20. The summed E-state index contributed by atoms with van der Waals surface area (Å²) in [6.07, 6.45) is 0. The molecule has 0 amide bonds. The van der Waals surface area contributed by atoms with E-state index in [2.05, 4.69) is 22.8 Å². The zero-order valence-electron chi connectivity index (χ0n) is 11.4. The molecule has 0 heterocycles. The van der Waals surface area contributed by atoms with E-state index in [9.17, 15) is 0 Å². The number of thiocarbonyl (C=S) groups is 1. The second kappa shape index (κ2) is 7.50. The Labute approximate surface area is 125 Å². The fourth-order valence-electron chi connectivity index (χ4n) is 1.77. The molecular weight excluding hydrogens is 268 g/mol. The molecule has 0 bridgehead atoms. The Hall–Kier alpha value is -2.07. The van der Waals surface area contributed by atoms with Crippen molar-refractivity contribution in [3.05, 3.63) is 65.7 Å². The lowest BCUT2D eigenvalue weighted by Gasteiger charge is -2.11. The van der Waals surface area contributed by atoms with E-state index in [1.807, 2.05) is 42.5 Å². The molecule has 2 aromatic carbocycles. The van der Waals surface area contributed by atoms with E-state index in [0.29, 0.717) is 11.7 Å². The van der Waals surface area contributed by atoms with E-state index in [-0.39, 0.29) is 0 Å². The minimum absolute atomic E-state index is 0.657. The lowest BCUT2D eigenvalue weighted by Crippen LogP contribution is -2.34. The van der Waals surface area contributed by atoms with Gasteiger partial charge in [-0.1, -0.05) is 42.5 Å². The molecule has 0 spiro atoms. The molecule has 0 unspecified atom stereocenters. The van der Waals surface area contributed by atoms with Gasteiger partial charge < -0.3 is 15.4 Å². The molecule has 20 heavy (non-hydrogen) atoms. The predicted octanol–water partition coefficient (Wildman–Crippen LogP) is 2.86. The summed E-state index contributed by atoms with van der Waals surface area (Å²) in [6, 6.07) is 18.1. The number of rotatable bonds is 5. The van der Waals surface area contributed by atoms with Crippen molar-refractivity contribution in [2.24, 2.45) is 0 Å². The van der Waals surface area contributed by atoms with Crippen molar-refractivity contribution >= 4 is 17.3 Å². The molecule has 0 fully saturated rings. The maximum atomic E-state index is 5.25. The van der Waals surface area contributed by atoms with Crippen LogP contribution in [0.5, 0.6) is 5.75 Å². The van der Waals surface area contributed by atoms with Crippen LogP contribution in [0.15, 0.2) is 54.6 Å². The first-order valence-corrected chi connectivity index (χ1v) is 6.87. The highest BCUT2D eigenvalue weighted by molar-refractivity contribution is 7.80. The number of nitrogens with one attached hydrogen (secondary N) is 2. The van der Waals surface area contributed by atoms with Crippen LogP contribution in [0.4, 0.5) is 0 Å². The van der Waals surface area contributed by atoms with E-state index in [1.165, 1.54) is 5.56 Å². The van der Waals surface area contributed by atoms with Crippen LogP contribution in [-0.2, 0) is 13.1 Å². The van der Waals surface area contributed by atoms with E-state index in [4.69, 9.17) is 17.0 Å². The van der Waals surface area contributed by atoms with Crippen molar-refractivity contribution in [2.45, 2.75) is 13.1 Å². The third-order valence-electron chi connectivity index (χ3n) is 2.91. The van der Waals surface area contributed by atoms with Gasteiger partial charge in [-0.3, -0.25) is 0 Å². The van der Waals surface area contributed by atoms with Gasteiger partial charge in [0.05, 0.1) is 7.11 Å². The van der Waals surface area contributed by atoms with Gasteiger partial charge in [0, 0.05) is 13.1 Å². The fourth-order valence-corrected chi connectivity index (χ4v) is 1.91. The summed E-state index contributed by atoms with van der Waals surface area (Å²) in [7, 11) is 1.66. The first-order valence-electron chi connectivity index (χ1n) is 6.46. The number of ether oxygens (including phenoxy) is 1. The van der Waals surface area contributed by atoms with Gasteiger partial charge >= 0.3 is 0 Å². The molecule has 0 aliphatic rings. The summed E-state index contributed by atoms with van der Waals surface area (Å²) in [5.74, 6) is 0.860. The van der Waals surface area contributed by atoms with Crippen molar-refractivity contribution in [1.29, 1.82) is 0 Å². The fraction of sp³-hybridized carbons (Fsp3) is 0.188. The Morgan fingerprint density at radius 3 is 2.00 bits per heavy atom. The summed E-state index contributed by atoms with van der Waals surface area (Å²) in [6.45, 7) is 1.43. The SMILES string of the molecule is COc1ccc(CNC(=S)NCc2ccccc2)cc1. The van der Waals surface area contributed by atoms with E-state index in [1.54, 1.807) is 7.11 Å². The monoisotopic (exact) mass is 286 g/mol. The standard InChI is InChI=1S/C16H18N2OS/c1-19-15-9-7-14(8-10-15)12-18-16(20)17-11-13-5-3-2-4-6-13/h2-10H,11-12H2,1H3,(H2,17,18,20). The van der Waals surface area contributed by atoms with Crippen LogP contribution in [0, 0.1) is 0 Å². The molecule has 0 atom stereocenters. The number of methoxy groups -OCH3 is 1. The Kier molecular flexibility index (Phi) is 5.38. The molecule has 0 saturated carbocycles. The average Bonchev–Trinajstić information content (AvgIpc) is 2.52. The van der Waals surface area contributed by atoms with Crippen molar-refractivity contribution in [3.8, 4) is 5.75 Å². The predicted molar refractivity (Wildman–Crippen MR) is 85.7 cm³/mol. The highest BCUT2D eigenvalue weighted by atomic mass is 32.1. The summed E-state index contributed by atoms with van der Waals surface area (Å²) in [5.41, 5.74) is 2.37. The molecule has 4 heteroatoms. The summed E-state index contributed by atoms with van der Waals surface area (Å²) < 4.78 is 5.12. The molecule has 0 aromatic heterocycles. The summed E-state index contributed by atoms with van der Waals surface area (Å²) in [5, 5.41) is 7.03. The highest BCUT2D eigenvalue weighted by Crippen LogP contribution is 2.10. The topological polar surface area (TPSA) is 33.3 Å². The van der Waals surface area contributed by atoms with Crippen molar-refractivity contribution in [2.75, 3.05) is 7.11 Å². The van der Waals surface area contributed by atoms with Gasteiger partial charge in [-0.25, -0.2) is 0 Å². The van der Waals surface area contributed by atoms with Crippen LogP contribution < -0.4 is 15.4 Å². The molecule has 104 valence electrons. The Balaban J connectivity index is 1.74. The highest BCUT2D eigenvalue weighted by Gasteiger charge is 1.98. The number of benzene rings is 2. The van der Waals surface area contributed by atoms with Crippen LogP contribution in [0.2, 0.25) is 0 Å². The Bertz CT molecular complexity index is 540. The Morgan fingerprint density at radius 1 is 0.900 bits per heavy atom. The van der Waals surface area contributed by atoms with Crippen LogP contribution >= 0.6 is 12.2 Å². The van der Waals surface area contributed by atoms with E-state index < -0.39 is 0 Å². The smallest absolute Gasteiger partial charge is 0.166 e. The minimum atomic E-state index is 0.657. The second-order valence-electron chi connectivity index (χ2n) is 4.37. The number of hydrogen-bond donors (Lipinski definition) is 2. The van der Waals surface area contributed by atoms with E-state index >= 15 is 0 Å². The second-order valence-corrected chi connectivity index (χ2v) is 4.78. The molecule has 3 nitrogen and oxygen atoms in total. The van der Waals surface area contributed by atoms with Gasteiger partial charge in [-0.15, -0.1) is 0 Å². The lowest BCUT2D eigenvalue weighted by molar-refractivity contribution is 0.414. The van der Waals surface area contributed by atoms with Crippen LogP contribution in [0.3, 0.4) is 0 Å². The van der Waals surface area contributed by atoms with Gasteiger partial charge in [0.15, 0.2) is 5.11 Å². The van der Waals surface area contributed by atoms with Crippen molar-refractivity contribution in [3.63, 3.8) is 0 Å². The van der Waals surface area contributed by atoms with Crippen molar-refractivity contribution < 1.29 is 4.74 Å². The molecule has 2 rings (SSSR count). The molecular formula is C16H18N2OS. The molecule has 2 aromatic rings. The molecule has 0 aliphatic carbocycles. The summed E-state index contributed by atoms with van der Waals surface area (Å²) >= 11 is 5.25. The van der Waals surface area contributed by atoms with Crippen LogP contribution in [-0.4, -0.2) is 12.2 Å². The van der Waals surface area contributed by atoms with Gasteiger partial charge in [-0.05, 0) is 35.5 Å². The zero-order valence-corrected chi connectivity index (χ0v) is 12.2. The van der Waals surface area contributed by atoms with Gasteiger partial charge in [0.2, 0.25) is 0 Å².